The molecule has 100 valence electrons. The van der Waals surface area contributed by atoms with Crippen molar-refractivity contribution in [1.29, 1.82) is 0 Å². The maximum absolute atomic E-state index is 11.7. The van der Waals surface area contributed by atoms with E-state index in [1.165, 1.54) is 44.1 Å². The fraction of sp³-hybridized carbons (Fsp3) is 0.812. The molecule has 0 amide bonds. The lowest BCUT2D eigenvalue weighted by Gasteiger charge is -2.02. The van der Waals surface area contributed by atoms with Crippen molar-refractivity contribution in [2.24, 2.45) is 0 Å². The van der Waals surface area contributed by atoms with E-state index in [4.69, 9.17) is 0 Å². The summed E-state index contributed by atoms with van der Waals surface area (Å²) in [5.74, 6) is 0.422. The van der Waals surface area contributed by atoms with E-state index in [1.54, 1.807) is 0 Å². The molecular weight excluding hydrogens is 208 g/mol. The minimum Gasteiger partial charge on any atom is -0.299 e. The first-order valence-electron chi connectivity index (χ1n) is 7.38. The van der Waals surface area contributed by atoms with Gasteiger partial charge in [-0.15, -0.1) is 0 Å². The summed E-state index contributed by atoms with van der Waals surface area (Å²) in [5.41, 5.74) is 1.27. The second kappa shape index (κ2) is 11.9. The quantitative estimate of drug-likeness (QED) is 0.346. The standard InChI is InChI=1S/C16H30O/c1-4-6-8-10-12-15(3)14-16(17)13-11-9-7-5-2/h12H,4-11,13-14H2,1-3H3. The average Bonchev–Trinajstić information content (AvgIpc) is 2.30. The first kappa shape index (κ1) is 16.4. The molecule has 0 aliphatic rings. The van der Waals surface area contributed by atoms with E-state index in [-0.39, 0.29) is 0 Å². The van der Waals surface area contributed by atoms with Crippen LogP contribution in [0.5, 0.6) is 0 Å². The van der Waals surface area contributed by atoms with Crippen molar-refractivity contribution in [1.82, 2.24) is 0 Å². The molecule has 17 heavy (non-hydrogen) atoms. The van der Waals surface area contributed by atoms with Crippen LogP contribution >= 0.6 is 0 Å². The Kier molecular flexibility index (Phi) is 11.5. The number of carbonyl (C=O) groups excluding carboxylic acids is 1. The Morgan fingerprint density at radius 2 is 1.59 bits per heavy atom. The number of rotatable bonds is 11. The first-order chi connectivity index (χ1) is 8.20. The molecule has 0 bridgehead atoms. The zero-order chi connectivity index (χ0) is 12.9. The zero-order valence-corrected chi connectivity index (χ0v) is 12.1. The highest BCUT2D eigenvalue weighted by Gasteiger charge is 2.02. The lowest BCUT2D eigenvalue weighted by Crippen LogP contribution is -1.98. The maximum atomic E-state index is 11.7. The van der Waals surface area contributed by atoms with Gasteiger partial charge in [0.1, 0.15) is 5.78 Å². The highest BCUT2D eigenvalue weighted by Crippen LogP contribution is 2.10. The van der Waals surface area contributed by atoms with E-state index in [2.05, 4.69) is 26.8 Å². The Balaban J connectivity index is 3.57. The van der Waals surface area contributed by atoms with Gasteiger partial charge in [0.05, 0.1) is 0 Å². The topological polar surface area (TPSA) is 17.1 Å². The summed E-state index contributed by atoms with van der Waals surface area (Å²) in [7, 11) is 0. The van der Waals surface area contributed by atoms with E-state index in [1.807, 2.05) is 0 Å². The first-order valence-corrected chi connectivity index (χ1v) is 7.38. The predicted molar refractivity (Wildman–Crippen MR) is 76.3 cm³/mol. The van der Waals surface area contributed by atoms with E-state index in [9.17, 15) is 4.79 Å². The van der Waals surface area contributed by atoms with Gasteiger partial charge in [0.25, 0.3) is 0 Å². The van der Waals surface area contributed by atoms with Crippen molar-refractivity contribution in [3.8, 4) is 0 Å². The molecule has 0 saturated carbocycles. The molecule has 0 aliphatic carbocycles. The number of hydrogen-bond acceptors (Lipinski definition) is 1. The molecular formula is C16H30O. The molecule has 0 N–H and O–H groups in total. The van der Waals surface area contributed by atoms with Gasteiger partial charge in [0.2, 0.25) is 0 Å². The van der Waals surface area contributed by atoms with Gasteiger partial charge in [0.15, 0.2) is 0 Å². The van der Waals surface area contributed by atoms with Crippen LogP contribution in [0, 0.1) is 0 Å². The highest BCUT2D eigenvalue weighted by atomic mass is 16.1. The van der Waals surface area contributed by atoms with Crippen molar-refractivity contribution in [3.63, 3.8) is 0 Å². The molecule has 0 aromatic rings. The summed E-state index contributed by atoms with van der Waals surface area (Å²) in [5, 5.41) is 0. The average molecular weight is 238 g/mol. The van der Waals surface area contributed by atoms with Crippen LogP contribution in [0.4, 0.5) is 0 Å². The van der Waals surface area contributed by atoms with Crippen molar-refractivity contribution < 1.29 is 4.79 Å². The summed E-state index contributed by atoms with van der Waals surface area (Å²) in [4.78, 5) is 11.7. The Morgan fingerprint density at radius 3 is 2.24 bits per heavy atom. The van der Waals surface area contributed by atoms with Crippen LogP contribution in [-0.4, -0.2) is 5.78 Å². The normalized spacial score (nSPS) is 11.8. The molecule has 0 aromatic carbocycles. The minimum atomic E-state index is 0.422. The number of unbranched alkanes of at least 4 members (excludes halogenated alkanes) is 6. The van der Waals surface area contributed by atoms with Crippen LogP contribution in [-0.2, 0) is 4.79 Å². The molecule has 1 nitrogen and oxygen atoms in total. The Labute approximate surface area is 108 Å². The Morgan fingerprint density at radius 1 is 0.941 bits per heavy atom. The summed E-state index contributed by atoms with van der Waals surface area (Å²) in [6.45, 7) is 6.51. The lowest BCUT2D eigenvalue weighted by atomic mass is 10.0. The van der Waals surface area contributed by atoms with Gasteiger partial charge in [-0.1, -0.05) is 57.6 Å². The molecule has 0 radical (unpaired) electrons. The maximum Gasteiger partial charge on any atom is 0.136 e. The van der Waals surface area contributed by atoms with Crippen LogP contribution in [0.15, 0.2) is 11.6 Å². The van der Waals surface area contributed by atoms with Crippen molar-refractivity contribution in [2.45, 2.75) is 85.0 Å². The largest absolute Gasteiger partial charge is 0.299 e. The molecule has 0 atom stereocenters. The Hall–Kier alpha value is -0.590. The van der Waals surface area contributed by atoms with Gasteiger partial charge in [-0.05, 0) is 26.2 Å². The van der Waals surface area contributed by atoms with E-state index < -0.39 is 0 Å². The monoisotopic (exact) mass is 238 g/mol. The van der Waals surface area contributed by atoms with Gasteiger partial charge in [-0.3, -0.25) is 4.79 Å². The van der Waals surface area contributed by atoms with Gasteiger partial charge in [-0.2, -0.15) is 0 Å². The molecule has 0 rings (SSSR count). The minimum absolute atomic E-state index is 0.422. The highest BCUT2D eigenvalue weighted by molar-refractivity contribution is 5.80. The van der Waals surface area contributed by atoms with Gasteiger partial charge >= 0.3 is 0 Å². The second-order valence-electron chi connectivity index (χ2n) is 5.07. The molecule has 0 fully saturated rings. The van der Waals surface area contributed by atoms with E-state index in [0.29, 0.717) is 12.2 Å². The molecule has 0 spiro atoms. The van der Waals surface area contributed by atoms with Crippen LogP contribution in [0.2, 0.25) is 0 Å². The number of Topliss-reactive ketones (excluding diaryl/α,β-unsaturated/α-hetero) is 1. The fourth-order valence-electron chi connectivity index (χ4n) is 1.96. The molecule has 0 heterocycles. The van der Waals surface area contributed by atoms with Gasteiger partial charge in [0, 0.05) is 12.8 Å². The van der Waals surface area contributed by atoms with Crippen LogP contribution in [0.25, 0.3) is 0 Å². The van der Waals surface area contributed by atoms with E-state index in [0.717, 1.165) is 19.3 Å². The smallest absolute Gasteiger partial charge is 0.136 e. The van der Waals surface area contributed by atoms with Crippen molar-refractivity contribution in [2.75, 3.05) is 0 Å². The van der Waals surface area contributed by atoms with Crippen LogP contribution in [0.3, 0.4) is 0 Å². The van der Waals surface area contributed by atoms with E-state index >= 15 is 0 Å². The predicted octanol–water partition coefficient (Wildman–Crippen LogP) is 5.44. The molecule has 1 heteroatoms. The third kappa shape index (κ3) is 11.7. The number of hydrogen-bond donors (Lipinski definition) is 0. The summed E-state index contributed by atoms with van der Waals surface area (Å²) in [6.07, 6.45) is 13.5. The molecule has 0 aromatic heterocycles. The third-order valence-corrected chi connectivity index (χ3v) is 3.09. The van der Waals surface area contributed by atoms with Crippen LogP contribution in [0.1, 0.15) is 85.0 Å². The van der Waals surface area contributed by atoms with Gasteiger partial charge in [-0.25, -0.2) is 0 Å². The molecule has 0 unspecified atom stereocenters. The molecule has 0 aliphatic heterocycles. The number of ketones is 1. The Bertz CT molecular complexity index is 216. The number of carbonyl (C=O) groups is 1. The van der Waals surface area contributed by atoms with Crippen LogP contribution < -0.4 is 0 Å². The summed E-state index contributed by atoms with van der Waals surface area (Å²) < 4.78 is 0. The SMILES string of the molecule is CCCCCC=C(C)CC(=O)CCCCCC. The number of allylic oxidation sites excluding steroid dienone is 2. The zero-order valence-electron chi connectivity index (χ0n) is 12.1. The second-order valence-corrected chi connectivity index (χ2v) is 5.07. The lowest BCUT2D eigenvalue weighted by molar-refractivity contribution is -0.118. The third-order valence-electron chi connectivity index (χ3n) is 3.09. The van der Waals surface area contributed by atoms with Crippen molar-refractivity contribution >= 4 is 5.78 Å². The van der Waals surface area contributed by atoms with Crippen molar-refractivity contribution in [3.05, 3.63) is 11.6 Å². The molecule has 0 saturated heterocycles. The van der Waals surface area contributed by atoms with Gasteiger partial charge < -0.3 is 0 Å². The summed E-state index contributed by atoms with van der Waals surface area (Å²) in [6, 6.07) is 0. The summed E-state index contributed by atoms with van der Waals surface area (Å²) >= 11 is 0. The fourth-order valence-corrected chi connectivity index (χ4v) is 1.96.